The first kappa shape index (κ1) is 10.2. The molecule has 0 spiro atoms. The van der Waals surface area contributed by atoms with E-state index in [2.05, 4.69) is 40.2 Å². The highest BCUT2D eigenvalue weighted by molar-refractivity contribution is 9.10. The van der Waals surface area contributed by atoms with Gasteiger partial charge in [0, 0.05) is 17.6 Å². The summed E-state index contributed by atoms with van der Waals surface area (Å²) in [7, 11) is 0. The molecule has 3 nitrogen and oxygen atoms in total. The van der Waals surface area contributed by atoms with Gasteiger partial charge in [0.15, 0.2) is 0 Å². The molecule has 1 N–H and O–H groups in total. The lowest BCUT2D eigenvalue weighted by atomic mass is 10.1. The third kappa shape index (κ3) is 1.73. The second-order valence-corrected chi connectivity index (χ2v) is 4.83. The monoisotopic (exact) mass is 257 g/mol. The van der Waals surface area contributed by atoms with Crippen LogP contribution in [0.4, 0.5) is 0 Å². The first-order chi connectivity index (χ1) is 6.70. The molecule has 1 aromatic heterocycles. The van der Waals surface area contributed by atoms with Crippen LogP contribution in [0.2, 0.25) is 0 Å². The zero-order valence-electron chi connectivity index (χ0n) is 8.63. The Labute approximate surface area is 93.0 Å². The molecule has 4 heteroatoms. The topological polar surface area (TPSA) is 29.9 Å². The Balaban J connectivity index is 2.26. The highest BCUT2D eigenvalue weighted by atomic mass is 79.9. The lowest BCUT2D eigenvalue weighted by molar-refractivity contribution is 0.519. The Morgan fingerprint density at radius 3 is 2.93 bits per heavy atom. The molecule has 14 heavy (non-hydrogen) atoms. The number of rotatable bonds is 2. The van der Waals surface area contributed by atoms with E-state index in [9.17, 15) is 0 Å². The van der Waals surface area contributed by atoms with Gasteiger partial charge in [0.05, 0.1) is 6.20 Å². The van der Waals surface area contributed by atoms with Crippen LogP contribution in [-0.4, -0.2) is 16.3 Å². The molecule has 0 bridgehead atoms. The molecule has 1 unspecified atom stereocenters. The molecule has 1 aromatic rings. The van der Waals surface area contributed by atoms with Crippen LogP contribution in [0.3, 0.4) is 0 Å². The van der Waals surface area contributed by atoms with E-state index in [4.69, 9.17) is 0 Å². The van der Waals surface area contributed by atoms with Gasteiger partial charge in [0.2, 0.25) is 0 Å². The van der Waals surface area contributed by atoms with Gasteiger partial charge in [-0.1, -0.05) is 0 Å². The van der Waals surface area contributed by atoms with Crippen LogP contribution in [0, 0.1) is 0 Å². The molecule has 1 fully saturated rings. The van der Waals surface area contributed by atoms with E-state index in [1.54, 1.807) is 0 Å². The van der Waals surface area contributed by atoms with Gasteiger partial charge in [-0.3, -0.25) is 4.68 Å². The Kier molecular flexibility index (Phi) is 2.93. The minimum absolute atomic E-state index is 0.416. The zero-order chi connectivity index (χ0) is 10.1. The van der Waals surface area contributed by atoms with Gasteiger partial charge in [-0.05, 0) is 49.2 Å². The molecular weight excluding hydrogens is 242 g/mol. The van der Waals surface area contributed by atoms with Crippen LogP contribution in [0.25, 0.3) is 0 Å². The number of nitrogens with zero attached hydrogens (tertiary/aromatic N) is 2. The smallest absolute Gasteiger partial charge is 0.109 e. The predicted molar refractivity (Wildman–Crippen MR) is 60.3 cm³/mol. The summed E-state index contributed by atoms with van der Waals surface area (Å²) in [6, 6.07) is 0.913. The lowest BCUT2D eigenvalue weighted by Crippen LogP contribution is -2.13. The van der Waals surface area contributed by atoms with Gasteiger partial charge in [-0.25, -0.2) is 0 Å². The van der Waals surface area contributed by atoms with Crippen molar-refractivity contribution >= 4 is 15.9 Å². The van der Waals surface area contributed by atoms with Gasteiger partial charge in [-0.15, -0.1) is 0 Å². The van der Waals surface area contributed by atoms with Crippen LogP contribution in [0.5, 0.6) is 0 Å². The summed E-state index contributed by atoms with van der Waals surface area (Å²) in [5.41, 5.74) is 1.30. The van der Waals surface area contributed by atoms with Gasteiger partial charge >= 0.3 is 0 Å². The van der Waals surface area contributed by atoms with Crippen molar-refractivity contribution in [1.82, 2.24) is 15.1 Å². The summed E-state index contributed by atoms with van der Waals surface area (Å²) in [5, 5.41) is 7.87. The zero-order valence-corrected chi connectivity index (χ0v) is 10.2. The van der Waals surface area contributed by atoms with Crippen molar-refractivity contribution in [3.8, 4) is 0 Å². The number of aromatic nitrogens is 2. The van der Waals surface area contributed by atoms with Crippen molar-refractivity contribution in [2.24, 2.45) is 0 Å². The summed E-state index contributed by atoms with van der Waals surface area (Å²) in [5.74, 6) is 0. The Morgan fingerprint density at radius 2 is 2.43 bits per heavy atom. The minimum atomic E-state index is 0.416. The van der Waals surface area contributed by atoms with Crippen molar-refractivity contribution in [1.29, 1.82) is 0 Å². The fourth-order valence-electron chi connectivity index (χ4n) is 1.90. The van der Waals surface area contributed by atoms with E-state index in [-0.39, 0.29) is 0 Å². The van der Waals surface area contributed by atoms with E-state index >= 15 is 0 Å². The number of nitrogens with one attached hydrogen (secondary N) is 1. The van der Waals surface area contributed by atoms with E-state index in [0.717, 1.165) is 11.1 Å². The normalized spacial score (nSPS) is 22.1. The van der Waals surface area contributed by atoms with Crippen LogP contribution in [-0.2, 0) is 0 Å². The molecule has 0 aromatic carbocycles. The molecule has 0 saturated carbocycles. The highest BCUT2D eigenvalue weighted by Crippen LogP contribution is 2.30. The molecule has 1 aliphatic rings. The fourth-order valence-corrected chi connectivity index (χ4v) is 2.78. The highest BCUT2D eigenvalue weighted by Gasteiger charge is 2.21. The third-order valence-electron chi connectivity index (χ3n) is 2.69. The molecule has 78 valence electrons. The van der Waals surface area contributed by atoms with Crippen LogP contribution >= 0.6 is 15.9 Å². The van der Waals surface area contributed by atoms with E-state index in [1.807, 2.05) is 10.9 Å². The second-order valence-electron chi connectivity index (χ2n) is 4.08. The maximum Gasteiger partial charge on any atom is 0.109 e. The summed E-state index contributed by atoms with van der Waals surface area (Å²) in [6.07, 6.45) is 4.47. The Bertz CT molecular complexity index is 313. The van der Waals surface area contributed by atoms with Gasteiger partial charge < -0.3 is 5.32 Å². The third-order valence-corrected chi connectivity index (χ3v) is 3.51. The second kappa shape index (κ2) is 4.03. The number of hydrogen-bond acceptors (Lipinski definition) is 2. The molecule has 2 heterocycles. The number of hydrogen-bond donors (Lipinski definition) is 1. The maximum absolute atomic E-state index is 4.39. The largest absolute Gasteiger partial charge is 0.310 e. The summed E-state index contributed by atoms with van der Waals surface area (Å²) >= 11 is 3.62. The van der Waals surface area contributed by atoms with Crippen molar-refractivity contribution < 1.29 is 0 Å². The quantitative estimate of drug-likeness (QED) is 0.883. The van der Waals surface area contributed by atoms with E-state index < -0.39 is 0 Å². The van der Waals surface area contributed by atoms with E-state index in [0.29, 0.717) is 12.1 Å². The van der Waals surface area contributed by atoms with Crippen LogP contribution < -0.4 is 5.32 Å². The minimum Gasteiger partial charge on any atom is -0.310 e. The molecule has 0 radical (unpaired) electrons. The van der Waals surface area contributed by atoms with Gasteiger partial charge in [0.1, 0.15) is 4.60 Å². The van der Waals surface area contributed by atoms with Crippen LogP contribution in [0.1, 0.15) is 44.3 Å². The van der Waals surface area contributed by atoms with Crippen molar-refractivity contribution in [3.63, 3.8) is 0 Å². The molecule has 0 aliphatic carbocycles. The van der Waals surface area contributed by atoms with Crippen LogP contribution in [0.15, 0.2) is 10.8 Å². The lowest BCUT2D eigenvalue weighted by Gasteiger charge is -2.11. The first-order valence-electron chi connectivity index (χ1n) is 5.16. The molecule has 2 rings (SSSR count). The molecule has 1 atom stereocenters. The van der Waals surface area contributed by atoms with Gasteiger partial charge in [0.25, 0.3) is 0 Å². The Hall–Kier alpha value is -0.350. The summed E-state index contributed by atoms with van der Waals surface area (Å²) < 4.78 is 3.15. The molecule has 0 amide bonds. The van der Waals surface area contributed by atoms with Crippen molar-refractivity contribution in [3.05, 3.63) is 16.4 Å². The predicted octanol–water partition coefficient (Wildman–Crippen LogP) is 2.65. The van der Waals surface area contributed by atoms with Crippen molar-refractivity contribution in [2.45, 2.75) is 38.8 Å². The first-order valence-corrected chi connectivity index (χ1v) is 5.95. The average Bonchev–Trinajstić information content (AvgIpc) is 2.71. The molecular formula is C10H16BrN3. The van der Waals surface area contributed by atoms with E-state index in [1.165, 1.54) is 18.4 Å². The maximum atomic E-state index is 4.39. The SMILES string of the molecule is CC(C)n1ncc(C2CCCN2)c1Br. The van der Waals surface area contributed by atoms with Gasteiger partial charge in [-0.2, -0.15) is 5.10 Å². The van der Waals surface area contributed by atoms with Crippen molar-refractivity contribution in [2.75, 3.05) is 6.54 Å². The average molecular weight is 258 g/mol. The number of halogens is 1. The summed E-state index contributed by atoms with van der Waals surface area (Å²) in [4.78, 5) is 0. The fraction of sp³-hybridized carbons (Fsp3) is 0.700. The molecule has 1 saturated heterocycles. The standard InChI is InChI=1S/C10H16BrN3/c1-7(2)14-10(11)8(6-13-14)9-4-3-5-12-9/h6-7,9,12H,3-5H2,1-2H3. The summed E-state index contributed by atoms with van der Waals surface area (Å²) in [6.45, 7) is 5.41. The molecule has 1 aliphatic heterocycles. The Morgan fingerprint density at radius 1 is 1.64 bits per heavy atom.